The molecular formula is C23H30N2O. The van der Waals surface area contributed by atoms with Crippen molar-refractivity contribution in [2.75, 3.05) is 13.1 Å². The summed E-state index contributed by atoms with van der Waals surface area (Å²) in [6.07, 6.45) is 1.81. The van der Waals surface area contributed by atoms with E-state index in [4.69, 9.17) is 0 Å². The van der Waals surface area contributed by atoms with E-state index < -0.39 is 0 Å². The second kappa shape index (κ2) is 8.50. The van der Waals surface area contributed by atoms with Crippen LogP contribution in [0.15, 0.2) is 54.6 Å². The second-order valence-corrected chi connectivity index (χ2v) is 7.05. The highest BCUT2D eigenvalue weighted by molar-refractivity contribution is 5.82. The fourth-order valence-electron chi connectivity index (χ4n) is 4.31. The van der Waals surface area contributed by atoms with Crippen LogP contribution in [0, 0.1) is 0 Å². The maximum atomic E-state index is 13.1. The first-order chi connectivity index (χ1) is 12.7. The van der Waals surface area contributed by atoms with E-state index in [-0.39, 0.29) is 18.0 Å². The lowest BCUT2D eigenvalue weighted by atomic mass is 9.92. The molecule has 0 aliphatic heterocycles. The van der Waals surface area contributed by atoms with Crippen LogP contribution in [-0.2, 0) is 11.2 Å². The van der Waals surface area contributed by atoms with Gasteiger partial charge in [-0.25, -0.2) is 0 Å². The molecule has 3 atom stereocenters. The van der Waals surface area contributed by atoms with E-state index in [1.807, 2.05) is 6.07 Å². The lowest BCUT2D eigenvalue weighted by Gasteiger charge is -2.30. The Labute approximate surface area is 157 Å². The highest BCUT2D eigenvalue weighted by Crippen LogP contribution is 2.42. The molecule has 0 spiro atoms. The normalized spacial score (nSPS) is 20.0. The van der Waals surface area contributed by atoms with Gasteiger partial charge in [-0.1, -0.05) is 75.4 Å². The van der Waals surface area contributed by atoms with E-state index in [0.717, 1.165) is 25.9 Å². The molecule has 0 aromatic heterocycles. The molecular weight excluding hydrogens is 320 g/mol. The molecule has 0 saturated carbocycles. The van der Waals surface area contributed by atoms with Gasteiger partial charge in [0.15, 0.2) is 0 Å². The summed E-state index contributed by atoms with van der Waals surface area (Å²) in [5.41, 5.74) is 3.91. The number of rotatable bonds is 7. The van der Waals surface area contributed by atoms with Crippen LogP contribution in [0.5, 0.6) is 0 Å². The van der Waals surface area contributed by atoms with E-state index in [0.29, 0.717) is 5.92 Å². The third-order valence-corrected chi connectivity index (χ3v) is 5.70. The van der Waals surface area contributed by atoms with Crippen LogP contribution >= 0.6 is 0 Å². The number of hydrogen-bond donors (Lipinski definition) is 1. The lowest BCUT2D eigenvalue weighted by molar-refractivity contribution is -0.127. The fourth-order valence-corrected chi connectivity index (χ4v) is 4.31. The Morgan fingerprint density at radius 2 is 1.69 bits per heavy atom. The zero-order valence-electron chi connectivity index (χ0n) is 16.1. The average molecular weight is 351 g/mol. The van der Waals surface area contributed by atoms with Crippen molar-refractivity contribution in [2.45, 2.75) is 51.6 Å². The second-order valence-electron chi connectivity index (χ2n) is 7.05. The first-order valence-corrected chi connectivity index (χ1v) is 9.86. The predicted molar refractivity (Wildman–Crippen MR) is 107 cm³/mol. The van der Waals surface area contributed by atoms with Crippen LogP contribution in [-0.4, -0.2) is 29.9 Å². The Morgan fingerprint density at radius 3 is 2.35 bits per heavy atom. The van der Waals surface area contributed by atoms with Crippen LogP contribution in [0.3, 0.4) is 0 Å². The van der Waals surface area contributed by atoms with Gasteiger partial charge in [0.25, 0.3) is 0 Å². The molecule has 2 aromatic rings. The van der Waals surface area contributed by atoms with Gasteiger partial charge in [0.05, 0.1) is 12.1 Å². The zero-order valence-corrected chi connectivity index (χ0v) is 16.1. The third kappa shape index (κ3) is 3.68. The van der Waals surface area contributed by atoms with Crippen LogP contribution in [0.2, 0.25) is 0 Å². The van der Waals surface area contributed by atoms with Crippen molar-refractivity contribution in [3.8, 4) is 0 Å². The highest BCUT2D eigenvalue weighted by Gasteiger charge is 2.36. The van der Waals surface area contributed by atoms with Gasteiger partial charge in [-0.15, -0.1) is 0 Å². The standard InChI is InChI=1S/C23H30N2O/c1-4-21(25(5-2)6-3)23(26)24-22-19-15-11-10-14-18(19)16-20(22)17-12-8-7-9-13-17/h7-15,20-22H,4-6,16H2,1-3H3,(H,24,26). The van der Waals surface area contributed by atoms with Gasteiger partial charge in [-0.3, -0.25) is 9.69 Å². The van der Waals surface area contributed by atoms with Crippen LogP contribution < -0.4 is 5.32 Å². The third-order valence-electron chi connectivity index (χ3n) is 5.70. The summed E-state index contributed by atoms with van der Waals surface area (Å²) < 4.78 is 0. The molecule has 0 saturated heterocycles. The minimum atomic E-state index is -0.0609. The summed E-state index contributed by atoms with van der Waals surface area (Å²) in [6, 6.07) is 19.1. The number of carbonyl (C=O) groups excluding carboxylic acids is 1. The summed E-state index contributed by atoms with van der Waals surface area (Å²) in [6.45, 7) is 8.13. The maximum Gasteiger partial charge on any atom is 0.237 e. The Kier molecular flexibility index (Phi) is 6.10. The molecule has 3 rings (SSSR count). The number of fused-ring (bicyclic) bond motifs is 1. The number of amides is 1. The number of hydrogen-bond acceptors (Lipinski definition) is 2. The molecule has 1 aliphatic rings. The number of likely N-dealkylation sites (N-methyl/N-ethyl adjacent to an activating group) is 1. The molecule has 0 fully saturated rings. The molecule has 0 heterocycles. The summed E-state index contributed by atoms with van der Waals surface area (Å²) in [4.78, 5) is 15.4. The molecule has 2 aromatic carbocycles. The van der Waals surface area contributed by atoms with Gasteiger partial charge >= 0.3 is 0 Å². The van der Waals surface area contributed by atoms with E-state index in [1.54, 1.807) is 0 Å². The molecule has 138 valence electrons. The number of nitrogens with zero attached hydrogens (tertiary/aromatic N) is 1. The van der Waals surface area contributed by atoms with Crippen LogP contribution in [0.1, 0.15) is 55.8 Å². The average Bonchev–Trinajstić information content (AvgIpc) is 3.05. The quantitative estimate of drug-likeness (QED) is 0.807. The molecule has 3 heteroatoms. The largest absolute Gasteiger partial charge is 0.347 e. The summed E-state index contributed by atoms with van der Waals surface area (Å²) in [5.74, 6) is 0.450. The van der Waals surface area contributed by atoms with E-state index in [9.17, 15) is 4.79 Å². The Hall–Kier alpha value is -2.13. The van der Waals surface area contributed by atoms with Crippen molar-refractivity contribution in [1.82, 2.24) is 10.2 Å². The summed E-state index contributed by atoms with van der Waals surface area (Å²) >= 11 is 0. The number of carbonyl (C=O) groups is 1. The maximum absolute atomic E-state index is 13.1. The van der Waals surface area contributed by atoms with E-state index in [1.165, 1.54) is 16.7 Å². The molecule has 26 heavy (non-hydrogen) atoms. The molecule has 3 nitrogen and oxygen atoms in total. The van der Waals surface area contributed by atoms with Gasteiger partial charge in [0, 0.05) is 5.92 Å². The van der Waals surface area contributed by atoms with Crippen molar-refractivity contribution in [3.05, 3.63) is 71.3 Å². The molecule has 1 aliphatic carbocycles. The van der Waals surface area contributed by atoms with Gasteiger partial charge in [0.2, 0.25) is 5.91 Å². The SMILES string of the molecule is CCC(C(=O)NC1c2ccccc2CC1c1ccccc1)N(CC)CC. The van der Waals surface area contributed by atoms with Crippen molar-refractivity contribution in [3.63, 3.8) is 0 Å². The Balaban J connectivity index is 1.88. The van der Waals surface area contributed by atoms with E-state index >= 15 is 0 Å². The lowest BCUT2D eigenvalue weighted by Crippen LogP contribution is -2.47. The molecule has 0 radical (unpaired) electrons. The Bertz CT molecular complexity index is 724. The van der Waals surface area contributed by atoms with Crippen molar-refractivity contribution < 1.29 is 4.79 Å². The molecule has 3 unspecified atom stereocenters. The molecule has 1 N–H and O–H groups in total. The fraction of sp³-hybridized carbons (Fsp3) is 0.435. The van der Waals surface area contributed by atoms with Crippen LogP contribution in [0.25, 0.3) is 0 Å². The summed E-state index contributed by atoms with van der Waals surface area (Å²) in [7, 11) is 0. The monoisotopic (exact) mass is 350 g/mol. The number of nitrogens with one attached hydrogen (secondary N) is 1. The first kappa shape index (κ1) is 18.7. The number of benzene rings is 2. The highest BCUT2D eigenvalue weighted by atomic mass is 16.2. The van der Waals surface area contributed by atoms with Crippen LogP contribution in [0.4, 0.5) is 0 Å². The summed E-state index contributed by atoms with van der Waals surface area (Å²) in [5, 5.41) is 3.40. The first-order valence-electron chi connectivity index (χ1n) is 9.86. The van der Waals surface area contributed by atoms with Gasteiger partial charge in [0.1, 0.15) is 0 Å². The topological polar surface area (TPSA) is 32.3 Å². The smallest absolute Gasteiger partial charge is 0.237 e. The van der Waals surface area contributed by atoms with Crippen molar-refractivity contribution >= 4 is 5.91 Å². The van der Waals surface area contributed by atoms with E-state index in [2.05, 4.69) is 79.5 Å². The van der Waals surface area contributed by atoms with Gasteiger partial charge in [-0.2, -0.15) is 0 Å². The molecule has 0 bridgehead atoms. The van der Waals surface area contributed by atoms with Gasteiger partial charge in [-0.05, 0) is 42.6 Å². The van der Waals surface area contributed by atoms with Crippen molar-refractivity contribution in [1.29, 1.82) is 0 Å². The molecule has 1 amide bonds. The van der Waals surface area contributed by atoms with Gasteiger partial charge < -0.3 is 5.32 Å². The van der Waals surface area contributed by atoms with Crippen molar-refractivity contribution in [2.24, 2.45) is 0 Å². The Morgan fingerprint density at radius 1 is 1.04 bits per heavy atom. The predicted octanol–water partition coefficient (Wildman–Crippen LogP) is 4.30. The minimum Gasteiger partial charge on any atom is -0.347 e. The zero-order chi connectivity index (χ0) is 18.5. The minimum absolute atomic E-state index is 0.0470.